The van der Waals surface area contributed by atoms with Crippen LogP contribution in [0.2, 0.25) is 5.02 Å². The van der Waals surface area contributed by atoms with Gasteiger partial charge < -0.3 is 15.3 Å². The minimum absolute atomic E-state index is 0.0328. The zero-order valence-corrected chi connectivity index (χ0v) is 17.1. The minimum atomic E-state index is -1.07. The van der Waals surface area contributed by atoms with Gasteiger partial charge in [0.15, 0.2) is 0 Å². The van der Waals surface area contributed by atoms with E-state index >= 15 is 0 Å². The summed E-state index contributed by atoms with van der Waals surface area (Å²) in [6.45, 7) is 1.34. The van der Waals surface area contributed by atoms with Crippen molar-refractivity contribution in [2.24, 2.45) is 0 Å². The number of likely N-dealkylation sites (tertiary alicyclic amines) is 1. The summed E-state index contributed by atoms with van der Waals surface area (Å²) >= 11 is 5.88. The maximum Gasteiger partial charge on any atom is 0.295 e. The third-order valence-electron chi connectivity index (χ3n) is 4.78. The molecule has 31 heavy (non-hydrogen) atoms. The number of hydrogen-bond acceptors (Lipinski definition) is 6. The number of amides is 2. The van der Waals surface area contributed by atoms with Crippen molar-refractivity contribution in [1.29, 1.82) is 0 Å². The molecule has 0 radical (unpaired) electrons. The first kappa shape index (κ1) is 22.0. The van der Waals surface area contributed by atoms with Crippen LogP contribution in [0.1, 0.15) is 24.1 Å². The third kappa shape index (κ3) is 4.56. The van der Waals surface area contributed by atoms with Crippen LogP contribution in [-0.4, -0.2) is 45.6 Å². The summed E-state index contributed by atoms with van der Waals surface area (Å²) in [6.07, 6.45) is 0. The molecule has 1 aliphatic heterocycles. The fraction of sp³-hybridized carbons (Fsp3) is 0.190. The molecule has 0 aliphatic carbocycles. The van der Waals surface area contributed by atoms with Gasteiger partial charge in [0.2, 0.25) is 5.91 Å². The van der Waals surface area contributed by atoms with Crippen molar-refractivity contribution in [3.8, 4) is 0 Å². The zero-order chi connectivity index (χ0) is 22.7. The molecule has 0 saturated carbocycles. The van der Waals surface area contributed by atoms with Crippen molar-refractivity contribution in [3.05, 3.63) is 80.4 Å². The lowest BCUT2D eigenvalue weighted by molar-refractivity contribution is -0.384. The SMILES string of the molecule is CC(=O)NCCN1C(=O)C(=O)/C(=C(/O)c2ccc(Cl)cc2)C1c1cccc([N+](=O)[O-])c1. The van der Waals surface area contributed by atoms with E-state index in [-0.39, 0.29) is 41.4 Å². The average molecular weight is 444 g/mol. The molecule has 1 unspecified atom stereocenters. The molecular weight excluding hydrogens is 426 g/mol. The molecule has 1 heterocycles. The smallest absolute Gasteiger partial charge is 0.295 e. The first-order valence-electron chi connectivity index (χ1n) is 9.24. The van der Waals surface area contributed by atoms with E-state index in [1.807, 2.05) is 0 Å². The molecule has 0 aromatic heterocycles. The molecule has 0 bridgehead atoms. The first-order valence-corrected chi connectivity index (χ1v) is 9.61. The molecule has 160 valence electrons. The predicted octanol–water partition coefficient (Wildman–Crippen LogP) is 2.81. The monoisotopic (exact) mass is 443 g/mol. The summed E-state index contributed by atoms with van der Waals surface area (Å²) in [7, 11) is 0. The van der Waals surface area contributed by atoms with Crippen LogP contribution in [0.25, 0.3) is 5.76 Å². The largest absolute Gasteiger partial charge is 0.507 e. The molecule has 9 nitrogen and oxygen atoms in total. The number of aliphatic hydroxyl groups excluding tert-OH is 1. The highest BCUT2D eigenvalue weighted by atomic mass is 35.5. The van der Waals surface area contributed by atoms with Crippen molar-refractivity contribution < 1.29 is 24.4 Å². The zero-order valence-electron chi connectivity index (χ0n) is 16.4. The van der Waals surface area contributed by atoms with Crippen LogP contribution >= 0.6 is 11.6 Å². The Morgan fingerprint density at radius 1 is 1.23 bits per heavy atom. The number of rotatable bonds is 6. The maximum atomic E-state index is 12.8. The number of Topliss-reactive ketones (excluding diaryl/α,β-unsaturated/α-hetero) is 1. The molecule has 1 aliphatic rings. The molecular formula is C21H18ClN3O6. The van der Waals surface area contributed by atoms with Crippen LogP contribution in [0.4, 0.5) is 5.69 Å². The van der Waals surface area contributed by atoms with Crippen molar-refractivity contribution >= 4 is 40.6 Å². The van der Waals surface area contributed by atoms with Gasteiger partial charge in [-0.25, -0.2) is 0 Å². The Labute approximate surface area is 182 Å². The van der Waals surface area contributed by atoms with Gasteiger partial charge in [-0.15, -0.1) is 0 Å². The molecule has 2 aromatic carbocycles. The van der Waals surface area contributed by atoms with E-state index in [0.29, 0.717) is 5.02 Å². The Morgan fingerprint density at radius 3 is 2.52 bits per heavy atom. The van der Waals surface area contributed by atoms with E-state index in [1.165, 1.54) is 60.4 Å². The highest BCUT2D eigenvalue weighted by Gasteiger charge is 2.46. The number of carbonyl (C=O) groups excluding carboxylic acids is 3. The predicted molar refractivity (Wildman–Crippen MR) is 112 cm³/mol. The molecule has 10 heteroatoms. The number of aliphatic hydroxyl groups is 1. The van der Waals surface area contributed by atoms with Crippen LogP contribution in [0.15, 0.2) is 54.1 Å². The molecule has 2 aromatic rings. The molecule has 1 fully saturated rings. The van der Waals surface area contributed by atoms with Crippen molar-refractivity contribution in [2.75, 3.05) is 13.1 Å². The van der Waals surface area contributed by atoms with E-state index in [1.54, 1.807) is 0 Å². The van der Waals surface area contributed by atoms with Gasteiger partial charge >= 0.3 is 0 Å². The Kier molecular flexibility index (Phi) is 6.36. The van der Waals surface area contributed by atoms with Gasteiger partial charge in [-0.05, 0) is 29.8 Å². The van der Waals surface area contributed by atoms with Gasteiger partial charge in [-0.1, -0.05) is 23.7 Å². The first-order chi connectivity index (χ1) is 14.7. The molecule has 2 amide bonds. The van der Waals surface area contributed by atoms with Gasteiger partial charge in [0, 0.05) is 42.7 Å². The fourth-order valence-corrected chi connectivity index (χ4v) is 3.51. The number of nitrogens with zero attached hydrogens (tertiary/aromatic N) is 2. The van der Waals surface area contributed by atoms with Gasteiger partial charge in [0.1, 0.15) is 5.76 Å². The van der Waals surface area contributed by atoms with Crippen molar-refractivity contribution in [3.63, 3.8) is 0 Å². The summed E-state index contributed by atoms with van der Waals surface area (Å²) in [4.78, 5) is 48.6. The summed E-state index contributed by atoms with van der Waals surface area (Å²) in [6, 6.07) is 10.5. The number of halogens is 1. The number of carbonyl (C=O) groups is 3. The summed E-state index contributed by atoms with van der Waals surface area (Å²) in [5, 5.41) is 25.1. The Bertz CT molecular complexity index is 1100. The maximum absolute atomic E-state index is 12.8. The van der Waals surface area contributed by atoms with E-state index in [4.69, 9.17) is 11.6 Å². The Morgan fingerprint density at radius 2 is 1.90 bits per heavy atom. The number of nitro groups is 1. The number of hydrogen-bond donors (Lipinski definition) is 2. The number of nitrogens with one attached hydrogen (secondary N) is 1. The quantitative estimate of drug-likeness (QED) is 0.232. The Hall–Kier alpha value is -3.72. The Balaban J connectivity index is 2.14. The highest BCUT2D eigenvalue weighted by molar-refractivity contribution is 6.46. The highest BCUT2D eigenvalue weighted by Crippen LogP contribution is 2.40. The van der Waals surface area contributed by atoms with Crippen LogP contribution < -0.4 is 5.32 Å². The van der Waals surface area contributed by atoms with Gasteiger partial charge in [-0.3, -0.25) is 24.5 Å². The second-order valence-electron chi connectivity index (χ2n) is 6.83. The van der Waals surface area contributed by atoms with Gasteiger partial charge in [0.05, 0.1) is 16.5 Å². The molecule has 2 N–H and O–H groups in total. The number of non-ortho nitro benzene ring substituents is 1. The standard InChI is InChI=1S/C21H18ClN3O6/c1-12(26)23-9-10-24-18(14-3-2-4-16(11-14)25(30)31)17(20(28)21(24)29)19(27)13-5-7-15(22)8-6-13/h2-8,11,18,27H,9-10H2,1H3,(H,23,26)/b19-17+. The fourth-order valence-electron chi connectivity index (χ4n) is 3.38. The second kappa shape index (κ2) is 8.97. The number of ketones is 1. The molecule has 1 atom stereocenters. The van der Waals surface area contributed by atoms with Crippen LogP contribution in [0, 0.1) is 10.1 Å². The number of nitro benzene ring substituents is 1. The molecule has 3 rings (SSSR count). The average Bonchev–Trinajstić information content (AvgIpc) is 2.98. The van der Waals surface area contributed by atoms with Crippen molar-refractivity contribution in [1.82, 2.24) is 10.2 Å². The van der Waals surface area contributed by atoms with Crippen molar-refractivity contribution in [2.45, 2.75) is 13.0 Å². The summed E-state index contributed by atoms with van der Waals surface area (Å²) in [5.41, 5.74) is 0.124. The lowest BCUT2D eigenvalue weighted by atomic mass is 9.95. The van der Waals surface area contributed by atoms with E-state index in [2.05, 4.69) is 5.32 Å². The third-order valence-corrected chi connectivity index (χ3v) is 5.03. The lowest BCUT2D eigenvalue weighted by Gasteiger charge is -2.25. The van der Waals surface area contributed by atoms with Gasteiger partial charge in [-0.2, -0.15) is 0 Å². The van der Waals surface area contributed by atoms with E-state index < -0.39 is 28.4 Å². The van der Waals surface area contributed by atoms with Crippen LogP contribution in [-0.2, 0) is 14.4 Å². The number of benzene rings is 2. The van der Waals surface area contributed by atoms with Gasteiger partial charge in [0.25, 0.3) is 17.4 Å². The van der Waals surface area contributed by atoms with E-state index in [9.17, 15) is 29.6 Å². The minimum Gasteiger partial charge on any atom is -0.507 e. The van der Waals surface area contributed by atoms with E-state index in [0.717, 1.165) is 0 Å². The van der Waals surface area contributed by atoms with Crippen LogP contribution in [0.5, 0.6) is 0 Å². The summed E-state index contributed by atoms with van der Waals surface area (Å²) < 4.78 is 0. The van der Waals surface area contributed by atoms with Crippen LogP contribution in [0.3, 0.4) is 0 Å². The normalized spacial score (nSPS) is 17.6. The molecule has 1 saturated heterocycles. The molecule has 0 spiro atoms. The topological polar surface area (TPSA) is 130 Å². The summed E-state index contributed by atoms with van der Waals surface area (Å²) in [5.74, 6) is -2.54. The lowest BCUT2D eigenvalue weighted by Crippen LogP contribution is -2.37. The second-order valence-corrected chi connectivity index (χ2v) is 7.27.